The molecule has 0 saturated heterocycles. The molecule has 0 bridgehead atoms. The molecule has 1 aromatic rings. The maximum atomic E-state index is 11.8. The normalized spacial score (nSPS) is 17.5. The van der Waals surface area contributed by atoms with Crippen molar-refractivity contribution in [2.24, 2.45) is 5.73 Å². The predicted molar refractivity (Wildman–Crippen MR) is 74.5 cm³/mol. The molecule has 0 atom stereocenters. The number of allylic oxidation sites excluding steroid dienone is 4. The summed E-state index contributed by atoms with van der Waals surface area (Å²) < 4.78 is 0. The summed E-state index contributed by atoms with van der Waals surface area (Å²) >= 11 is 0. The first-order chi connectivity index (χ1) is 9.18. The van der Waals surface area contributed by atoms with E-state index in [0.29, 0.717) is 11.3 Å². The third kappa shape index (κ3) is 1.81. The molecule has 2 aliphatic rings. The number of aliphatic hydroxyl groups excluding tert-OH is 1. The number of anilines is 1. The van der Waals surface area contributed by atoms with E-state index in [2.05, 4.69) is 0 Å². The van der Waals surface area contributed by atoms with Crippen LogP contribution >= 0.6 is 0 Å². The highest BCUT2D eigenvalue weighted by Crippen LogP contribution is 2.36. The van der Waals surface area contributed by atoms with E-state index in [1.165, 1.54) is 4.90 Å². The first kappa shape index (κ1) is 11.6. The Balaban J connectivity index is 2.28. The average molecular weight is 254 g/mol. The number of aliphatic hydroxyl groups is 1. The van der Waals surface area contributed by atoms with Crippen molar-refractivity contribution in [3.63, 3.8) is 0 Å². The summed E-state index contributed by atoms with van der Waals surface area (Å²) in [6.45, 7) is 0. The Morgan fingerprint density at radius 2 is 2.11 bits per heavy atom. The number of nitrogens with zero attached hydrogens (tertiary/aromatic N) is 1. The van der Waals surface area contributed by atoms with Gasteiger partial charge in [0.25, 0.3) is 0 Å². The number of urea groups is 1. The van der Waals surface area contributed by atoms with Crippen LogP contribution in [0.3, 0.4) is 0 Å². The van der Waals surface area contributed by atoms with E-state index in [1.807, 2.05) is 24.3 Å². The molecule has 96 valence electrons. The van der Waals surface area contributed by atoms with Crippen molar-refractivity contribution in [1.29, 1.82) is 0 Å². The summed E-state index contributed by atoms with van der Waals surface area (Å²) in [5.74, 6) is 0.169. The van der Waals surface area contributed by atoms with Gasteiger partial charge in [-0.3, -0.25) is 4.90 Å². The second-order valence-corrected chi connectivity index (χ2v) is 4.57. The summed E-state index contributed by atoms with van der Waals surface area (Å²) in [5, 5.41) is 10.2. The standard InChI is InChI=1S/C15H14N2O2/c16-15(19)17-12-7-3-1-5-10(12)9-14(18)11-6-2-4-8-13(11)17/h2-4,6-9,18H,1,5H2,(H2,16,19). The Kier molecular flexibility index (Phi) is 2.63. The minimum atomic E-state index is -0.547. The number of nitrogens with two attached hydrogens (primary N) is 1. The van der Waals surface area contributed by atoms with Crippen LogP contribution < -0.4 is 10.6 Å². The molecule has 4 heteroatoms. The number of carbonyl (C=O) groups is 1. The number of primary amides is 1. The number of amides is 2. The second kappa shape index (κ2) is 4.31. The highest BCUT2D eigenvalue weighted by Gasteiger charge is 2.26. The van der Waals surface area contributed by atoms with Crippen molar-refractivity contribution in [2.45, 2.75) is 12.8 Å². The zero-order valence-electron chi connectivity index (χ0n) is 10.3. The van der Waals surface area contributed by atoms with Crippen molar-refractivity contribution in [1.82, 2.24) is 0 Å². The highest BCUT2D eigenvalue weighted by molar-refractivity contribution is 5.99. The smallest absolute Gasteiger partial charge is 0.323 e. The van der Waals surface area contributed by atoms with E-state index in [-0.39, 0.29) is 5.76 Å². The van der Waals surface area contributed by atoms with Gasteiger partial charge in [0.1, 0.15) is 5.76 Å². The molecule has 1 aliphatic heterocycles. The number of hydrogen-bond donors (Lipinski definition) is 2. The van der Waals surface area contributed by atoms with Gasteiger partial charge in [0.2, 0.25) is 0 Å². The van der Waals surface area contributed by atoms with Gasteiger partial charge in [0, 0.05) is 5.56 Å². The fourth-order valence-electron chi connectivity index (χ4n) is 2.53. The van der Waals surface area contributed by atoms with Crippen molar-refractivity contribution < 1.29 is 9.90 Å². The average Bonchev–Trinajstić information content (AvgIpc) is 2.53. The lowest BCUT2D eigenvalue weighted by atomic mass is 10.0. The van der Waals surface area contributed by atoms with E-state index in [4.69, 9.17) is 5.73 Å². The maximum Gasteiger partial charge on any atom is 0.323 e. The number of fused-ring (bicyclic) bond motifs is 1. The summed E-state index contributed by atoms with van der Waals surface area (Å²) in [4.78, 5) is 13.3. The van der Waals surface area contributed by atoms with E-state index in [1.54, 1.807) is 18.2 Å². The molecule has 3 rings (SSSR count). The first-order valence-electron chi connectivity index (χ1n) is 6.18. The number of rotatable bonds is 0. The summed E-state index contributed by atoms with van der Waals surface area (Å²) in [6, 6.07) is 6.65. The Morgan fingerprint density at radius 1 is 1.32 bits per heavy atom. The second-order valence-electron chi connectivity index (χ2n) is 4.57. The van der Waals surface area contributed by atoms with Gasteiger partial charge in [-0.2, -0.15) is 0 Å². The summed E-state index contributed by atoms with van der Waals surface area (Å²) in [7, 11) is 0. The number of para-hydroxylation sites is 1. The third-order valence-corrected chi connectivity index (χ3v) is 3.38. The minimum Gasteiger partial charge on any atom is -0.507 e. The van der Waals surface area contributed by atoms with Crippen LogP contribution in [0.25, 0.3) is 5.76 Å². The monoisotopic (exact) mass is 254 g/mol. The molecule has 0 saturated carbocycles. The van der Waals surface area contributed by atoms with Crippen molar-refractivity contribution in [2.75, 3.05) is 4.90 Å². The molecule has 1 aliphatic carbocycles. The summed E-state index contributed by atoms with van der Waals surface area (Å²) in [6.07, 6.45) is 7.29. The molecule has 1 heterocycles. The van der Waals surface area contributed by atoms with E-state index in [0.717, 1.165) is 24.1 Å². The van der Waals surface area contributed by atoms with Gasteiger partial charge in [0.15, 0.2) is 0 Å². The third-order valence-electron chi connectivity index (χ3n) is 3.38. The van der Waals surface area contributed by atoms with E-state index < -0.39 is 6.03 Å². The zero-order valence-corrected chi connectivity index (χ0v) is 10.3. The highest BCUT2D eigenvalue weighted by atomic mass is 16.3. The van der Waals surface area contributed by atoms with Crippen molar-refractivity contribution >= 4 is 17.5 Å². The lowest BCUT2D eigenvalue weighted by Gasteiger charge is -2.25. The van der Waals surface area contributed by atoms with Gasteiger partial charge in [-0.1, -0.05) is 18.2 Å². The molecule has 0 radical (unpaired) electrons. The van der Waals surface area contributed by atoms with Crippen LogP contribution in [0.4, 0.5) is 10.5 Å². The lowest BCUT2D eigenvalue weighted by molar-refractivity contribution is 0.255. The largest absolute Gasteiger partial charge is 0.507 e. The molecule has 4 nitrogen and oxygen atoms in total. The van der Waals surface area contributed by atoms with E-state index in [9.17, 15) is 9.90 Å². The number of hydrogen-bond acceptors (Lipinski definition) is 2. The first-order valence-corrected chi connectivity index (χ1v) is 6.18. The van der Waals surface area contributed by atoms with Crippen molar-refractivity contribution in [3.8, 4) is 0 Å². The van der Waals surface area contributed by atoms with Crippen LogP contribution in [0, 0.1) is 0 Å². The van der Waals surface area contributed by atoms with Gasteiger partial charge in [-0.05, 0) is 42.7 Å². The number of carbonyl (C=O) groups excluding carboxylic acids is 1. The van der Waals surface area contributed by atoms with Gasteiger partial charge in [-0.25, -0.2) is 4.79 Å². The molecule has 1 aromatic carbocycles. The van der Waals surface area contributed by atoms with Crippen molar-refractivity contribution in [3.05, 3.63) is 59.3 Å². The van der Waals surface area contributed by atoms with Gasteiger partial charge in [-0.15, -0.1) is 0 Å². The lowest BCUT2D eigenvalue weighted by Crippen LogP contribution is -2.35. The topological polar surface area (TPSA) is 66.6 Å². The fourth-order valence-corrected chi connectivity index (χ4v) is 2.53. The Bertz CT molecular complexity index is 641. The summed E-state index contributed by atoms with van der Waals surface area (Å²) in [5.41, 5.74) is 8.42. The van der Waals surface area contributed by atoms with Crippen LogP contribution in [-0.2, 0) is 0 Å². The molecule has 0 spiro atoms. The maximum absolute atomic E-state index is 11.8. The Hall–Kier alpha value is -2.49. The van der Waals surface area contributed by atoms with Crippen LogP contribution in [0.5, 0.6) is 0 Å². The molecular formula is C15H14N2O2. The predicted octanol–water partition coefficient (Wildman–Crippen LogP) is 3.09. The molecular weight excluding hydrogens is 240 g/mol. The van der Waals surface area contributed by atoms with Crippen LogP contribution in [0.2, 0.25) is 0 Å². The molecule has 0 unspecified atom stereocenters. The molecule has 0 fully saturated rings. The van der Waals surface area contributed by atoms with Gasteiger partial charge >= 0.3 is 6.03 Å². The SMILES string of the molecule is NC(=O)N1C2=C(C=C(O)c3ccccc31)CCC=C2. The number of benzene rings is 1. The van der Waals surface area contributed by atoms with Gasteiger partial charge < -0.3 is 10.8 Å². The fraction of sp³-hybridized carbons (Fsp3) is 0.133. The van der Waals surface area contributed by atoms with E-state index >= 15 is 0 Å². The molecule has 19 heavy (non-hydrogen) atoms. The van der Waals surface area contributed by atoms with Crippen LogP contribution in [0.1, 0.15) is 18.4 Å². The Morgan fingerprint density at radius 3 is 2.89 bits per heavy atom. The van der Waals surface area contributed by atoms with Crippen LogP contribution in [-0.4, -0.2) is 11.1 Å². The van der Waals surface area contributed by atoms with Crippen LogP contribution in [0.15, 0.2) is 53.8 Å². The molecule has 0 aromatic heterocycles. The molecule has 3 N–H and O–H groups in total. The zero-order chi connectivity index (χ0) is 13.4. The Labute approximate surface area is 111 Å². The molecule has 2 amide bonds. The minimum absolute atomic E-state index is 0.169. The quantitative estimate of drug-likeness (QED) is 0.747. The van der Waals surface area contributed by atoms with Gasteiger partial charge in [0.05, 0.1) is 11.4 Å².